The van der Waals surface area contributed by atoms with Gasteiger partial charge in [-0.05, 0) is 42.0 Å². The molecule has 0 unspecified atom stereocenters. The van der Waals surface area contributed by atoms with Crippen molar-refractivity contribution in [2.24, 2.45) is 5.10 Å². The Morgan fingerprint density at radius 1 is 1.08 bits per heavy atom. The first-order chi connectivity index (χ1) is 12.5. The average molecular weight is 352 g/mol. The zero-order valence-corrected chi connectivity index (χ0v) is 14.3. The summed E-state index contributed by atoms with van der Waals surface area (Å²) in [5.74, 6) is -0.844. The molecule has 132 valence electrons. The zero-order valence-electron chi connectivity index (χ0n) is 14.3. The highest BCUT2D eigenvalue weighted by Gasteiger charge is 2.13. The summed E-state index contributed by atoms with van der Waals surface area (Å²) >= 11 is 0. The molecule has 26 heavy (non-hydrogen) atoms. The lowest BCUT2D eigenvalue weighted by molar-refractivity contribution is 0.0952. The van der Waals surface area contributed by atoms with Gasteiger partial charge in [-0.2, -0.15) is 5.10 Å². The van der Waals surface area contributed by atoms with Gasteiger partial charge in [0.1, 0.15) is 17.3 Å². The van der Waals surface area contributed by atoms with Gasteiger partial charge in [-0.25, -0.2) is 9.82 Å². The number of benzene rings is 3. The maximum atomic E-state index is 14.1. The predicted octanol–water partition coefficient (Wildman–Crippen LogP) is 3.85. The van der Waals surface area contributed by atoms with Crippen molar-refractivity contribution in [3.63, 3.8) is 0 Å². The summed E-state index contributed by atoms with van der Waals surface area (Å²) in [5, 5.41) is 15.7. The van der Waals surface area contributed by atoms with Crippen molar-refractivity contribution >= 4 is 22.4 Å². The van der Waals surface area contributed by atoms with E-state index in [0.717, 1.165) is 10.8 Å². The maximum Gasteiger partial charge on any atom is 0.275 e. The lowest BCUT2D eigenvalue weighted by atomic mass is 10.1. The predicted molar refractivity (Wildman–Crippen MR) is 98.2 cm³/mol. The number of carbonyl (C=O) groups is 1. The van der Waals surface area contributed by atoms with E-state index < -0.39 is 11.7 Å². The number of hydrazone groups is 1. The fourth-order valence-electron chi connectivity index (χ4n) is 2.58. The standard InChI is InChI=1S/C20H17FN2O3/c1-12(16-8-7-15(26-2)11-18(16)21)22-23-20(25)17-9-13-5-3-4-6-14(13)10-19(17)24/h3-11,24H,1-2H3,(H,23,25)/b22-12+. The topological polar surface area (TPSA) is 70.9 Å². The zero-order chi connectivity index (χ0) is 18.7. The van der Waals surface area contributed by atoms with E-state index in [1.807, 2.05) is 24.3 Å². The molecule has 3 rings (SSSR count). The molecular weight excluding hydrogens is 335 g/mol. The summed E-state index contributed by atoms with van der Waals surface area (Å²) in [7, 11) is 1.45. The summed E-state index contributed by atoms with van der Waals surface area (Å²) in [6, 6.07) is 14.8. The number of phenolic OH excluding ortho intramolecular Hbond substituents is 1. The molecule has 0 fully saturated rings. The van der Waals surface area contributed by atoms with E-state index in [1.165, 1.54) is 25.3 Å². The van der Waals surface area contributed by atoms with Crippen LogP contribution in [0.2, 0.25) is 0 Å². The molecule has 6 heteroatoms. The van der Waals surface area contributed by atoms with Crippen LogP contribution < -0.4 is 10.2 Å². The molecule has 0 bridgehead atoms. The van der Waals surface area contributed by atoms with Gasteiger partial charge < -0.3 is 9.84 Å². The first-order valence-corrected chi connectivity index (χ1v) is 7.90. The average Bonchev–Trinajstić information content (AvgIpc) is 2.65. The van der Waals surface area contributed by atoms with Gasteiger partial charge in [0, 0.05) is 11.6 Å². The van der Waals surface area contributed by atoms with Crippen LogP contribution >= 0.6 is 0 Å². The molecule has 0 aromatic heterocycles. The van der Waals surface area contributed by atoms with Crippen molar-refractivity contribution in [1.82, 2.24) is 5.43 Å². The first kappa shape index (κ1) is 17.4. The normalized spacial score (nSPS) is 11.4. The van der Waals surface area contributed by atoms with E-state index in [4.69, 9.17) is 4.74 Å². The number of hydrogen-bond acceptors (Lipinski definition) is 4. The number of nitrogens with one attached hydrogen (secondary N) is 1. The van der Waals surface area contributed by atoms with Crippen LogP contribution in [0.25, 0.3) is 10.8 Å². The number of halogens is 1. The van der Waals surface area contributed by atoms with E-state index >= 15 is 0 Å². The Morgan fingerprint density at radius 3 is 2.42 bits per heavy atom. The number of carbonyl (C=O) groups excluding carboxylic acids is 1. The van der Waals surface area contributed by atoms with Gasteiger partial charge in [-0.1, -0.05) is 24.3 Å². The van der Waals surface area contributed by atoms with Crippen LogP contribution in [0.1, 0.15) is 22.8 Å². The highest BCUT2D eigenvalue weighted by Crippen LogP contribution is 2.25. The van der Waals surface area contributed by atoms with Crippen LogP contribution in [0.3, 0.4) is 0 Å². The quantitative estimate of drug-likeness (QED) is 0.553. The molecule has 0 atom stereocenters. The van der Waals surface area contributed by atoms with E-state index in [9.17, 15) is 14.3 Å². The summed E-state index contributed by atoms with van der Waals surface area (Å²) in [5.41, 5.74) is 2.98. The van der Waals surface area contributed by atoms with E-state index in [0.29, 0.717) is 11.5 Å². The number of methoxy groups -OCH3 is 1. The molecular formula is C20H17FN2O3. The highest BCUT2D eigenvalue weighted by molar-refractivity contribution is 6.03. The van der Waals surface area contributed by atoms with Crippen LogP contribution in [0.15, 0.2) is 59.7 Å². The molecule has 3 aromatic rings. The number of fused-ring (bicyclic) bond motifs is 1. The Kier molecular flexibility index (Phi) is 4.84. The summed E-state index contributed by atoms with van der Waals surface area (Å²) in [4.78, 5) is 12.3. The minimum Gasteiger partial charge on any atom is -0.507 e. The Morgan fingerprint density at radius 2 is 1.77 bits per heavy atom. The molecule has 0 aliphatic heterocycles. The maximum absolute atomic E-state index is 14.1. The third-order valence-corrected chi connectivity index (χ3v) is 4.00. The molecule has 1 amide bonds. The van der Waals surface area contributed by atoms with Crippen molar-refractivity contribution in [1.29, 1.82) is 0 Å². The van der Waals surface area contributed by atoms with Gasteiger partial charge >= 0.3 is 0 Å². The Bertz CT molecular complexity index is 1020. The second-order valence-corrected chi connectivity index (χ2v) is 5.70. The SMILES string of the molecule is COc1ccc(/C(C)=N/NC(=O)c2cc3ccccc3cc2O)c(F)c1. The number of phenols is 1. The van der Waals surface area contributed by atoms with Crippen molar-refractivity contribution in [3.05, 3.63) is 71.5 Å². The van der Waals surface area contributed by atoms with Crippen molar-refractivity contribution in [2.75, 3.05) is 7.11 Å². The number of rotatable bonds is 4. The van der Waals surface area contributed by atoms with Gasteiger partial charge in [0.2, 0.25) is 0 Å². The molecule has 5 nitrogen and oxygen atoms in total. The Balaban J connectivity index is 1.84. The second kappa shape index (κ2) is 7.23. The summed E-state index contributed by atoms with van der Waals surface area (Å²) in [6.07, 6.45) is 0. The van der Waals surface area contributed by atoms with Gasteiger partial charge in [0.05, 0.1) is 18.4 Å². The monoisotopic (exact) mass is 352 g/mol. The first-order valence-electron chi connectivity index (χ1n) is 7.90. The van der Waals surface area contributed by atoms with Gasteiger partial charge in [0.15, 0.2) is 0 Å². The largest absolute Gasteiger partial charge is 0.507 e. The van der Waals surface area contributed by atoms with Crippen molar-refractivity contribution < 1.29 is 19.0 Å². The third kappa shape index (κ3) is 3.49. The molecule has 0 saturated heterocycles. The Labute approximate surface area is 149 Å². The molecule has 0 radical (unpaired) electrons. The number of ether oxygens (including phenoxy) is 1. The van der Waals surface area contributed by atoms with Crippen molar-refractivity contribution in [2.45, 2.75) is 6.92 Å². The van der Waals surface area contributed by atoms with Gasteiger partial charge in [-0.3, -0.25) is 4.79 Å². The molecule has 2 N–H and O–H groups in total. The van der Waals surface area contributed by atoms with Crippen LogP contribution in [0.5, 0.6) is 11.5 Å². The van der Waals surface area contributed by atoms with Crippen molar-refractivity contribution in [3.8, 4) is 11.5 Å². The number of amides is 1. The van der Waals surface area contributed by atoms with Gasteiger partial charge in [-0.15, -0.1) is 0 Å². The van der Waals surface area contributed by atoms with Crippen LogP contribution in [0.4, 0.5) is 4.39 Å². The number of nitrogens with zero attached hydrogens (tertiary/aromatic N) is 1. The van der Waals surface area contributed by atoms with E-state index in [-0.39, 0.29) is 16.9 Å². The minimum atomic E-state index is -0.582. The molecule has 0 spiro atoms. The van der Waals surface area contributed by atoms with E-state index in [1.54, 1.807) is 19.1 Å². The molecule has 0 aliphatic carbocycles. The van der Waals surface area contributed by atoms with Gasteiger partial charge in [0.25, 0.3) is 5.91 Å². The number of hydrogen-bond donors (Lipinski definition) is 2. The molecule has 0 saturated carbocycles. The van der Waals surface area contributed by atoms with Crippen LogP contribution in [0, 0.1) is 5.82 Å². The fourth-order valence-corrected chi connectivity index (χ4v) is 2.58. The summed E-state index contributed by atoms with van der Waals surface area (Å²) in [6.45, 7) is 1.57. The van der Waals surface area contributed by atoms with E-state index in [2.05, 4.69) is 10.5 Å². The highest BCUT2D eigenvalue weighted by atomic mass is 19.1. The number of aromatic hydroxyl groups is 1. The third-order valence-electron chi connectivity index (χ3n) is 4.00. The van der Waals surface area contributed by atoms with Crippen LogP contribution in [-0.2, 0) is 0 Å². The summed E-state index contributed by atoms with van der Waals surface area (Å²) < 4.78 is 19.0. The molecule has 0 aliphatic rings. The van der Waals surface area contributed by atoms with Crippen LogP contribution in [-0.4, -0.2) is 23.8 Å². The smallest absolute Gasteiger partial charge is 0.275 e. The minimum absolute atomic E-state index is 0.0930. The lowest BCUT2D eigenvalue weighted by Crippen LogP contribution is -2.19. The second-order valence-electron chi connectivity index (χ2n) is 5.70. The Hall–Kier alpha value is -3.41. The molecule has 3 aromatic carbocycles. The molecule has 0 heterocycles. The fraction of sp³-hybridized carbons (Fsp3) is 0.100. The lowest BCUT2D eigenvalue weighted by Gasteiger charge is -2.08.